The zero-order valence-corrected chi connectivity index (χ0v) is 21.1. The number of fused-ring (bicyclic) bond motifs is 5. The molecule has 8 heteroatoms. The Morgan fingerprint density at radius 3 is 2.72 bits per heavy atom. The first-order valence-corrected chi connectivity index (χ1v) is 12.5. The minimum absolute atomic E-state index is 0.0675. The second-order valence-electron chi connectivity index (χ2n) is 9.74. The number of methoxy groups -OCH3 is 1. The monoisotopic (exact) mass is 518 g/mol. The molecule has 0 saturated carbocycles. The van der Waals surface area contributed by atoms with Crippen LogP contribution in [-0.2, 0) is 11.8 Å². The molecule has 5 aromatic rings. The van der Waals surface area contributed by atoms with Crippen molar-refractivity contribution in [3.63, 3.8) is 0 Å². The van der Waals surface area contributed by atoms with E-state index in [-0.39, 0.29) is 29.3 Å². The normalized spacial score (nSPS) is 17.3. The van der Waals surface area contributed by atoms with Crippen LogP contribution in [0.15, 0.2) is 77.4 Å². The number of benzene rings is 3. The molecule has 0 radical (unpaired) electrons. The smallest absolute Gasteiger partial charge is 0.312 e. The maximum absolute atomic E-state index is 13.5. The van der Waals surface area contributed by atoms with Gasteiger partial charge in [0.2, 0.25) is 5.78 Å². The molecular formula is C31H22N2O6. The van der Waals surface area contributed by atoms with Gasteiger partial charge in [-0.05, 0) is 48.5 Å². The third-order valence-electron chi connectivity index (χ3n) is 7.45. The summed E-state index contributed by atoms with van der Waals surface area (Å²) in [7, 11) is 3.52. The summed E-state index contributed by atoms with van der Waals surface area (Å²) in [5.41, 5.74) is 3.45. The number of hydrogen-bond acceptors (Lipinski definition) is 6. The third kappa shape index (κ3) is 3.56. The number of esters is 1. The molecule has 3 aromatic carbocycles. The Labute approximate surface area is 222 Å². The van der Waals surface area contributed by atoms with Gasteiger partial charge in [0.1, 0.15) is 17.2 Å². The molecule has 0 unspecified atom stereocenters. The molecular weight excluding hydrogens is 496 g/mol. The van der Waals surface area contributed by atoms with Crippen LogP contribution in [0.1, 0.15) is 39.4 Å². The van der Waals surface area contributed by atoms with Crippen molar-refractivity contribution in [1.29, 1.82) is 0 Å². The summed E-state index contributed by atoms with van der Waals surface area (Å²) >= 11 is 0. The van der Waals surface area contributed by atoms with Crippen molar-refractivity contribution in [3.05, 3.63) is 105 Å². The molecule has 2 aromatic heterocycles. The summed E-state index contributed by atoms with van der Waals surface area (Å²) < 4.78 is 19.1. The number of para-hydroxylation sites is 1. The number of rotatable bonds is 3. The number of carbonyl (C=O) groups is 2. The second kappa shape index (κ2) is 8.46. The van der Waals surface area contributed by atoms with E-state index in [1.807, 2.05) is 48.1 Å². The number of ketones is 1. The molecule has 2 aliphatic heterocycles. The summed E-state index contributed by atoms with van der Waals surface area (Å²) in [5, 5.41) is 1.75. The number of aromatic amines is 1. The lowest BCUT2D eigenvalue weighted by Gasteiger charge is -2.26. The highest BCUT2D eigenvalue weighted by Crippen LogP contribution is 2.48. The molecule has 0 aliphatic carbocycles. The number of nitrogens with zero attached hydrogens (tertiary/aromatic N) is 1. The van der Waals surface area contributed by atoms with Gasteiger partial charge in [-0.3, -0.25) is 14.4 Å². The van der Waals surface area contributed by atoms with Crippen LogP contribution in [0, 0.1) is 0 Å². The molecule has 0 fully saturated rings. The Bertz CT molecular complexity index is 1960. The van der Waals surface area contributed by atoms with Crippen molar-refractivity contribution < 1.29 is 23.8 Å². The van der Waals surface area contributed by atoms with Crippen molar-refractivity contribution in [3.8, 4) is 17.2 Å². The molecule has 7 rings (SSSR count). The number of allylic oxidation sites excluding steroid dienone is 1. The Hall–Kier alpha value is -5.11. The number of carbonyl (C=O) groups excluding carboxylic acids is 2. The maximum Gasteiger partial charge on any atom is 0.312 e. The fourth-order valence-corrected chi connectivity index (χ4v) is 5.59. The molecule has 39 heavy (non-hydrogen) atoms. The first-order valence-electron chi connectivity index (χ1n) is 12.5. The van der Waals surface area contributed by atoms with Gasteiger partial charge in [-0.2, -0.15) is 0 Å². The van der Waals surface area contributed by atoms with Gasteiger partial charge in [0.15, 0.2) is 5.76 Å². The molecule has 0 amide bonds. The Balaban J connectivity index is 1.37. The van der Waals surface area contributed by atoms with Crippen LogP contribution >= 0.6 is 0 Å². The minimum Gasteiger partial charge on any atom is -0.497 e. The Kier molecular flexibility index (Phi) is 5.00. The van der Waals surface area contributed by atoms with Gasteiger partial charge in [0, 0.05) is 57.7 Å². The lowest BCUT2D eigenvalue weighted by atomic mass is 9.85. The van der Waals surface area contributed by atoms with Crippen molar-refractivity contribution in [1.82, 2.24) is 9.55 Å². The molecule has 0 bridgehead atoms. The first-order chi connectivity index (χ1) is 18.9. The summed E-state index contributed by atoms with van der Waals surface area (Å²) in [6, 6.07) is 18.2. The standard InChI is InChI=1S/C31H22N2O6/c1-33-15-17(19-5-3-4-6-24(19)33)13-26-29(35)20-8-10-25-28(30(20)39-26)21(14-27(34)38-25)22-12-16-11-18(37-2)7-9-23(16)32-31(22)36/h3-13,15,21H,14H2,1-2H3,(H,32,36)/b26-13+/t21-/m0/s1. The Morgan fingerprint density at radius 2 is 1.87 bits per heavy atom. The van der Waals surface area contributed by atoms with Gasteiger partial charge in [-0.25, -0.2) is 0 Å². The largest absolute Gasteiger partial charge is 0.497 e. The zero-order valence-electron chi connectivity index (χ0n) is 21.1. The zero-order chi connectivity index (χ0) is 26.8. The van der Waals surface area contributed by atoms with E-state index in [9.17, 15) is 14.4 Å². The number of Topliss-reactive ketones (excluding diaryl/α,β-unsaturated/α-hetero) is 1. The van der Waals surface area contributed by atoms with Crippen LogP contribution in [0.3, 0.4) is 0 Å². The maximum atomic E-state index is 13.5. The molecule has 8 nitrogen and oxygen atoms in total. The van der Waals surface area contributed by atoms with Crippen LogP contribution in [-0.4, -0.2) is 28.4 Å². The second-order valence-corrected chi connectivity index (χ2v) is 9.74. The highest BCUT2D eigenvalue weighted by Gasteiger charge is 2.39. The lowest BCUT2D eigenvalue weighted by molar-refractivity contribution is -0.135. The molecule has 1 atom stereocenters. The molecule has 4 heterocycles. The van der Waals surface area contributed by atoms with E-state index in [4.69, 9.17) is 14.2 Å². The van der Waals surface area contributed by atoms with Crippen molar-refractivity contribution in [2.24, 2.45) is 7.05 Å². The van der Waals surface area contributed by atoms with E-state index < -0.39 is 11.9 Å². The van der Waals surface area contributed by atoms with E-state index in [2.05, 4.69) is 4.98 Å². The average molecular weight is 519 g/mol. The quantitative estimate of drug-likeness (QED) is 0.203. The predicted octanol–water partition coefficient (Wildman–Crippen LogP) is 5.09. The summed E-state index contributed by atoms with van der Waals surface area (Å²) in [6.45, 7) is 0. The number of H-pyrrole nitrogens is 1. The van der Waals surface area contributed by atoms with E-state index >= 15 is 0 Å². The molecule has 192 valence electrons. The van der Waals surface area contributed by atoms with Crippen molar-refractivity contribution in [2.75, 3.05) is 7.11 Å². The SMILES string of the molecule is COc1ccc2[nH]c(=O)c([C@@H]3CC(=O)Oc4ccc5c(c43)O/C(=C/c3cn(C)c4ccccc34)C5=O)cc2c1. The molecule has 1 N–H and O–H groups in total. The lowest BCUT2D eigenvalue weighted by Crippen LogP contribution is -2.26. The van der Waals surface area contributed by atoms with Crippen LogP contribution < -0.4 is 19.8 Å². The van der Waals surface area contributed by atoms with E-state index in [1.54, 1.807) is 43.5 Å². The average Bonchev–Trinajstić information content (AvgIpc) is 3.43. The minimum atomic E-state index is -0.666. The fourth-order valence-electron chi connectivity index (χ4n) is 5.59. The van der Waals surface area contributed by atoms with Gasteiger partial charge in [-0.15, -0.1) is 0 Å². The van der Waals surface area contributed by atoms with Gasteiger partial charge in [-0.1, -0.05) is 18.2 Å². The van der Waals surface area contributed by atoms with Crippen molar-refractivity contribution >= 4 is 39.6 Å². The van der Waals surface area contributed by atoms with E-state index in [0.717, 1.165) is 21.9 Å². The highest BCUT2D eigenvalue weighted by molar-refractivity contribution is 6.15. The fraction of sp³-hybridized carbons (Fsp3) is 0.129. The predicted molar refractivity (Wildman–Crippen MR) is 146 cm³/mol. The van der Waals surface area contributed by atoms with Gasteiger partial charge < -0.3 is 23.8 Å². The van der Waals surface area contributed by atoms with Gasteiger partial charge in [0.25, 0.3) is 5.56 Å². The van der Waals surface area contributed by atoms with E-state index in [1.165, 1.54) is 0 Å². The topological polar surface area (TPSA) is 99.6 Å². The number of nitrogens with one attached hydrogen (secondary N) is 1. The van der Waals surface area contributed by atoms with Crippen LogP contribution in [0.4, 0.5) is 0 Å². The van der Waals surface area contributed by atoms with Crippen molar-refractivity contribution in [2.45, 2.75) is 12.3 Å². The van der Waals surface area contributed by atoms with Crippen LogP contribution in [0.25, 0.3) is 27.9 Å². The third-order valence-corrected chi connectivity index (χ3v) is 7.45. The summed E-state index contributed by atoms with van der Waals surface area (Å²) in [5.74, 6) is -0.00208. The first kappa shape index (κ1) is 23.0. The van der Waals surface area contributed by atoms with Gasteiger partial charge >= 0.3 is 5.97 Å². The highest BCUT2D eigenvalue weighted by atomic mass is 16.5. The number of hydrogen-bond donors (Lipinski definition) is 1. The molecule has 0 saturated heterocycles. The number of pyridine rings is 1. The van der Waals surface area contributed by atoms with Crippen LogP contribution in [0.2, 0.25) is 0 Å². The summed E-state index contributed by atoms with van der Waals surface area (Å²) in [6.07, 6.45) is 3.61. The number of ether oxygens (including phenoxy) is 3. The van der Waals surface area contributed by atoms with Crippen LogP contribution in [0.5, 0.6) is 17.2 Å². The molecule has 0 spiro atoms. The summed E-state index contributed by atoms with van der Waals surface area (Å²) in [4.78, 5) is 42.2. The van der Waals surface area contributed by atoms with Gasteiger partial charge in [0.05, 0.1) is 19.1 Å². The number of aryl methyl sites for hydroxylation is 1. The number of aromatic nitrogens is 2. The van der Waals surface area contributed by atoms with E-state index in [0.29, 0.717) is 33.7 Å². The Morgan fingerprint density at radius 1 is 1.03 bits per heavy atom. The molecule has 2 aliphatic rings.